The van der Waals surface area contributed by atoms with Crippen LogP contribution in [0, 0.1) is 6.92 Å². The first-order valence-electron chi connectivity index (χ1n) is 5.34. The van der Waals surface area contributed by atoms with Crippen molar-refractivity contribution in [2.24, 2.45) is 5.73 Å². The Bertz CT molecular complexity index is 446. The molecule has 5 heteroatoms. The lowest BCUT2D eigenvalue weighted by atomic mass is 10.2. The highest BCUT2D eigenvalue weighted by atomic mass is 15.2. The molecule has 3 N–H and O–H groups in total. The standard InChI is InChI=1S/C11H15N5/c1-8-4-5-10(15-13-8)11-7-9(14-16-11)3-2-6-12/h4-5,7H,2-3,6,12H2,1H3,(H,14,16). The molecule has 2 rings (SSSR count). The molecule has 0 saturated heterocycles. The number of H-pyrrole nitrogens is 1. The van der Waals surface area contributed by atoms with Crippen LogP contribution < -0.4 is 5.73 Å². The minimum atomic E-state index is 0.693. The smallest absolute Gasteiger partial charge is 0.113 e. The van der Waals surface area contributed by atoms with Gasteiger partial charge in [-0.2, -0.15) is 10.2 Å². The van der Waals surface area contributed by atoms with Gasteiger partial charge in [-0.3, -0.25) is 5.10 Å². The van der Waals surface area contributed by atoms with Gasteiger partial charge in [-0.15, -0.1) is 5.10 Å². The predicted octanol–water partition coefficient (Wildman–Crippen LogP) is 1.07. The van der Waals surface area contributed by atoms with Crippen molar-refractivity contribution in [1.29, 1.82) is 0 Å². The number of hydrogen-bond donors (Lipinski definition) is 2. The van der Waals surface area contributed by atoms with Gasteiger partial charge in [0.1, 0.15) is 11.4 Å². The second kappa shape index (κ2) is 4.85. The maximum absolute atomic E-state index is 5.45. The summed E-state index contributed by atoms with van der Waals surface area (Å²) in [5.41, 5.74) is 9.07. The zero-order chi connectivity index (χ0) is 11.4. The van der Waals surface area contributed by atoms with Crippen LogP contribution in [0.2, 0.25) is 0 Å². The Morgan fingerprint density at radius 3 is 2.81 bits per heavy atom. The third-order valence-electron chi connectivity index (χ3n) is 2.34. The van der Waals surface area contributed by atoms with Crippen LogP contribution in [0.5, 0.6) is 0 Å². The normalized spacial score (nSPS) is 10.6. The van der Waals surface area contributed by atoms with Crippen molar-refractivity contribution in [3.8, 4) is 11.4 Å². The van der Waals surface area contributed by atoms with Crippen LogP contribution in [0.3, 0.4) is 0 Å². The van der Waals surface area contributed by atoms with Gasteiger partial charge in [0, 0.05) is 5.69 Å². The van der Waals surface area contributed by atoms with E-state index in [1.165, 1.54) is 0 Å². The SMILES string of the molecule is Cc1ccc(-c2cc(CCCN)[nH]n2)nn1. The zero-order valence-electron chi connectivity index (χ0n) is 9.27. The summed E-state index contributed by atoms with van der Waals surface area (Å²) >= 11 is 0. The molecule has 84 valence electrons. The van der Waals surface area contributed by atoms with Crippen LogP contribution in [0.1, 0.15) is 17.8 Å². The van der Waals surface area contributed by atoms with Gasteiger partial charge in [-0.05, 0) is 44.5 Å². The molecule has 2 heterocycles. The van der Waals surface area contributed by atoms with Crippen LogP contribution in [-0.4, -0.2) is 26.9 Å². The van der Waals surface area contributed by atoms with E-state index in [9.17, 15) is 0 Å². The van der Waals surface area contributed by atoms with Crippen molar-refractivity contribution in [1.82, 2.24) is 20.4 Å². The van der Waals surface area contributed by atoms with Crippen molar-refractivity contribution >= 4 is 0 Å². The molecule has 5 nitrogen and oxygen atoms in total. The van der Waals surface area contributed by atoms with Gasteiger partial charge in [0.15, 0.2) is 0 Å². The highest BCUT2D eigenvalue weighted by molar-refractivity contribution is 5.53. The fraction of sp³-hybridized carbons (Fsp3) is 0.364. The van der Waals surface area contributed by atoms with E-state index < -0.39 is 0 Å². The molecule has 0 fully saturated rings. The molecule has 0 radical (unpaired) electrons. The van der Waals surface area contributed by atoms with Gasteiger partial charge in [-0.1, -0.05) is 0 Å². The van der Waals surface area contributed by atoms with E-state index >= 15 is 0 Å². The molecule has 0 aliphatic heterocycles. The fourth-order valence-corrected chi connectivity index (χ4v) is 1.45. The van der Waals surface area contributed by atoms with E-state index in [2.05, 4.69) is 20.4 Å². The van der Waals surface area contributed by atoms with Crippen molar-refractivity contribution in [2.75, 3.05) is 6.54 Å². The summed E-state index contributed by atoms with van der Waals surface area (Å²) in [6.07, 6.45) is 1.88. The number of aromatic nitrogens is 4. The molecule has 0 atom stereocenters. The second-order valence-corrected chi connectivity index (χ2v) is 3.73. The first-order chi connectivity index (χ1) is 7.79. The summed E-state index contributed by atoms with van der Waals surface area (Å²) in [6.45, 7) is 2.60. The number of aryl methyl sites for hydroxylation is 2. The molecule has 0 aliphatic rings. The average molecular weight is 217 g/mol. The fourth-order valence-electron chi connectivity index (χ4n) is 1.45. The van der Waals surface area contributed by atoms with Crippen molar-refractivity contribution in [2.45, 2.75) is 19.8 Å². The second-order valence-electron chi connectivity index (χ2n) is 3.73. The van der Waals surface area contributed by atoms with Crippen molar-refractivity contribution < 1.29 is 0 Å². The first kappa shape index (κ1) is 10.8. The molecule has 0 spiro atoms. The number of nitrogens with zero attached hydrogens (tertiary/aromatic N) is 3. The lowest BCUT2D eigenvalue weighted by molar-refractivity contribution is 0.804. The maximum atomic E-state index is 5.45. The van der Waals surface area contributed by atoms with E-state index in [4.69, 9.17) is 5.73 Å². The Kier molecular flexibility index (Phi) is 3.26. The number of aromatic amines is 1. The lowest BCUT2D eigenvalue weighted by Crippen LogP contribution is -2.00. The number of nitrogens with one attached hydrogen (secondary N) is 1. The van der Waals surface area contributed by atoms with Crippen LogP contribution in [-0.2, 0) is 6.42 Å². The Morgan fingerprint density at radius 2 is 2.12 bits per heavy atom. The van der Waals surface area contributed by atoms with E-state index in [1.807, 2.05) is 25.1 Å². The van der Waals surface area contributed by atoms with E-state index in [0.29, 0.717) is 6.54 Å². The van der Waals surface area contributed by atoms with Crippen molar-refractivity contribution in [3.05, 3.63) is 29.6 Å². The third kappa shape index (κ3) is 2.43. The number of nitrogens with two attached hydrogens (primary N) is 1. The van der Waals surface area contributed by atoms with Crippen LogP contribution in [0.4, 0.5) is 0 Å². The van der Waals surface area contributed by atoms with Gasteiger partial charge in [0.05, 0.1) is 5.69 Å². The molecular weight excluding hydrogens is 202 g/mol. The molecule has 2 aromatic heterocycles. The molecule has 2 aromatic rings. The minimum Gasteiger partial charge on any atom is -0.330 e. The van der Waals surface area contributed by atoms with Crippen LogP contribution in [0.25, 0.3) is 11.4 Å². The first-order valence-corrected chi connectivity index (χ1v) is 5.34. The molecule has 0 unspecified atom stereocenters. The summed E-state index contributed by atoms with van der Waals surface area (Å²) in [5.74, 6) is 0. The predicted molar refractivity (Wildman–Crippen MR) is 61.7 cm³/mol. The van der Waals surface area contributed by atoms with Gasteiger partial charge in [-0.25, -0.2) is 0 Å². The monoisotopic (exact) mass is 217 g/mol. The van der Waals surface area contributed by atoms with Gasteiger partial charge < -0.3 is 5.73 Å². The Labute approximate surface area is 94.1 Å². The Hall–Kier alpha value is -1.75. The Morgan fingerprint density at radius 1 is 1.25 bits per heavy atom. The largest absolute Gasteiger partial charge is 0.330 e. The third-order valence-corrected chi connectivity index (χ3v) is 2.34. The van der Waals surface area contributed by atoms with E-state index in [0.717, 1.165) is 35.6 Å². The number of hydrogen-bond acceptors (Lipinski definition) is 4. The van der Waals surface area contributed by atoms with E-state index in [-0.39, 0.29) is 0 Å². The minimum absolute atomic E-state index is 0.693. The molecule has 0 aliphatic carbocycles. The number of rotatable bonds is 4. The zero-order valence-corrected chi connectivity index (χ0v) is 9.27. The maximum Gasteiger partial charge on any atom is 0.113 e. The van der Waals surface area contributed by atoms with Crippen molar-refractivity contribution in [3.63, 3.8) is 0 Å². The quantitative estimate of drug-likeness (QED) is 0.802. The molecular formula is C11H15N5. The molecule has 0 aromatic carbocycles. The average Bonchev–Trinajstić information content (AvgIpc) is 2.76. The molecule has 0 bridgehead atoms. The van der Waals surface area contributed by atoms with Gasteiger partial charge in [0.2, 0.25) is 0 Å². The molecule has 0 saturated carbocycles. The highest BCUT2D eigenvalue weighted by Crippen LogP contribution is 2.14. The van der Waals surface area contributed by atoms with E-state index in [1.54, 1.807) is 0 Å². The lowest BCUT2D eigenvalue weighted by Gasteiger charge is -1.94. The molecule has 16 heavy (non-hydrogen) atoms. The van der Waals surface area contributed by atoms with Crippen LogP contribution >= 0.6 is 0 Å². The Balaban J connectivity index is 2.15. The van der Waals surface area contributed by atoms with Gasteiger partial charge in [0.25, 0.3) is 0 Å². The summed E-state index contributed by atoms with van der Waals surface area (Å²) in [4.78, 5) is 0. The summed E-state index contributed by atoms with van der Waals surface area (Å²) in [5, 5.41) is 15.3. The summed E-state index contributed by atoms with van der Waals surface area (Å²) < 4.78 is 0. The van der Waals surface area contributed by atoms with Crippen LogP contribution in [0.15, 0.2) is 18.2 Å². The summed E-state index contributed by atoms with van der Waals surface area (Å²) in [6, 6.07) is 5.84. The van der Waals surface area contributed by atoms with Gasteiger partial charge >= 0.3 is 0 Å². The molecule has 0 amide bonds. The highest BCUT2D eigenvalue weighted by Gasteiger charge is 2.05. The summed E-state index contributed by atoms with van der Waals surface area (Å²) in [7, 11) is 0. The topological polar surface area (TPSA) is 80.5 Å².